The largest absolute Gasteiger partial charge is 0.523 e. The van der Waals surface area contributed by atoms with Crippen molar-refractivity contribution in [3.8, 4) is 0 Å². The van der Waals surface area contributed by atoms with Crippen LogP contribution in [0.15, 0.2) is 0 Å². The second kappa shape index (κ2) is 4.30. The topological polar surface area (TPSA) is 43.4 Å². The number of hydrogen-bond acceptors (Lipinski definition) is 3. The highest BCUT2D eigenvalue weighted by molar-refractivity contribution is 14.0. The Labute approximate surface area is 91.8 Å². The Balaban J connectivity index is 0. The molecular formula is C5H10F3IO3S. The lowest BCUT2D eigenvalue weighted by Crippen LogP contribution is -2.33. The highest BCUT2D eigenvalue weighted by Gasteiger charge is 2.49. The van der Waals surface area contributed by atoms with E-state index in [-0.39, 0.29) is 24.0 Å². The van der Waals surface area contributed by atoms with Crippen molar-refractivity contribution in [3.63, 3.8) is 0 Å². The van der Waals surface area contributed by atoms with Crippen LogP contribution in [0.3, 0.4) is 0 Å². The molecule has 82 valence electrons. The van der Waals surface area contributed by atoms with Crippen molar-refractivity contribution in [1.82, 2.24) is 0 Å². The van der Waals surface area contributed by atoms with Crippen LogP contribution in [-0.2, 0) is 14.3 Å². The maximum Gasteiger partial charge on any atom is 0.523 e. The molecule has 0 aromatic rings. The lowest BCUT2D eigenvalue weighted by Gasteiger charge is -2.19. The van der Waals surface area contributed by atoms with Gasteiger partial charge in [0.2, 0.25) is 0 Å². The zero-order valence-electron chi connectivity index (χ0n) is 7.18. The van der Waals surface area contributed by atoms with Crippen LogP contribution in [0.5, 0.6) is 0 Å². The maximum absolute atomic E-state index is 11.7. The third-order valence-electron chi connectivity index (χ3n) is 0.643. The SMILES string of the molecule is CC(C)(C)OS(=O)(=O)C(F)(F)F.I. The summed E-state index contributed by atoms with van der Waals surface area (Å²) in [6, 6.07) is 0. The molecule has 0 heterocycles. The van der Waals surface area contributed by atoms with Crippen LogP contribution < -0.4 is 0 Å². The quantitative estimate of drug-likeness (QED) is 0.420. The molecule has 0 amide bonds. The highest BCUT2D eigenvalue weighted by atomic mass is 127. The smallest absolute Gasteiger partial charge is 0.257 e. The second-order valence-corrected chi connectivity index (χ2v) is 4.63. The summed E-state index contributed by atoms with van der Waals surface area (Å²) in [5.41, 5.74) is -6.71. The van der Waals surface area contributed by atoms with Gasteiger partial charge < -0.3 is 0 Å². The summed E-state index contributed by atoms with van der Waals surface area (Å²) in [6.07, 6.45) is 0. The van der Waals surface area contributed by atoms with Gasteiger partial charge in [0, 0.05) is 0 Å². The van der Waals surface area contributed by atoms with E-state index in [1.54, 1.807) is 0 Å². The normalized spacial score (nSPS) is 13.7. The van der Waals surface area contributed by atoms with Crippen LogP contribution in [-0.4, -0.2) is 19.5 Å². The highest BCUT2D eigenvalue weighted by Crippen LogP contribution is 2.28. The molecule has 0 aliphatic rings. The Kier molecular flexibility index (Phi) is 5.26. The van der Waals surface area contributed by atoms with Crippen LogP contribution in [0.2, 0.25) is 0 Å². The summed E-state index contributed by atoms with van der Waals surface area (Å²) in [4.78, 5) is 0. The molecule has 0 rings (SSSR count). The first-order chi connectivity index (χ1) is 4.96. The lowest BCUT2D eigenvalue weighted by molar-refractivity contribution is -0.0612. The molecule has 0 saturated carbocycles. The van der Waals surface area contributed by atoms with Crippen LogP contribution in [0.1, 0.15) is 20.8 Å². The van der Waals surface area contributed by atoms with Gasteiger partial charge in [-0.2, -0.15) is 21.6 Å². The molecule has 0 aliphatic heterocycles. The Bertz CT molecular complexity index is 251. The molecule has 0 aliphatic carbocycles. The predicted molar refractivity (Wildman–Crippen MR) is 51.2 cm³/mol. The lowest BCUT2D eigenvalue weighted by atomic mass is 10.2. The van der Waals surface area contributed by atoms with E-state index in [9.17, 15) is 21.6 Å². The first kappa shape index (κ1) is 15.9. The number of hydrogen-bond donors (Lipinski definition) is 0. The molecule has 0 aromatic heterocycles. The minimum atomic E-state index is -5.46. The summed E-state index contributed by atoms with van der Waals surface area (Å²) < 4.78 is 59.4. The zero-order chi connectivity index (χ0) is 10.2. The summed E-state index contributed by atoms with van der Waals surface area (Å²) in [6.45, 7) is 3.66. The van der Waals surface area contributed by atoms with Gasteiger partial charge in [-0.05, 0) is 20.8 Å². The van der Waals surface area contributed by atoms with E-state index in [2.05, 4.69) is 4.18 Å². The summed E-state index contributed by atoms with van der Waals surface area (Å²) >= 11 is 0. The van der Waals surface area contributed by atoms with E-state index in [0.29, 0.717) is 0 Å². The van der Waals surface area contributed by atoms with Crippen LogP contribution in [0.4, 0.5) is 13.2 Å². The Morgan fingerprint density at radius 2 is 1.38 bits per heavy atom. The molecule has 0 radical (unpaired) electrons. The van der Waals surface area contributed by atoms with Gasteiger partial charge in [0.25, 0.3) is 0 Å². The first-order valence-electron chi connectivity index (χ1n) is 2.98. The van der Waals surface area contributed by atoms with Crippen molar-refractivity contribution in [2.75, 3.05) is 0 Å². The molecule has 0 aromatic carbocycles. The van der Waals surface area contributed by atoms with E-state index < -0.39 is 21.2 Å². The van der Waals surface area contributed by atoms with E-state index in [1.165, 1.54) is 20.8 Å². The van der Waals surface area contributed by atoms with E-state index in [4.69, 9.17) is 0 Å². The number of rotatable bonds is 1. The molecule has 13 heavy (non-hydrogen) atoms. The van der Waals surface area contributed by atoms with Crippen molar-refractivity contribution in [1.29, 1.82) is 0 Å². The predicted octanol–water partition coefficient (Wildman–Crippen LogP) is 2.27. The molecule has 0 N–H and O–H groups in total. The van der Waals surface area contributed by atoms with Gasteiger partial charge in [0.05, 0.1) is 5.60 Å². The minimum Gasteiger partial charge on any atom is -0.257 e. The Morgan fingerprint density at radius 3 is 1.46 bits per heavy atom. The van der Waals surface area contributed by atoms with Gasteiger partial charge in [-0.1, -0.05) is 0 Å². The first-order valence-corrected chi connectivity index (χ1v) is 4.38. The van der Waals surface area contributed by atoms with E-state index in [1.807, 2.05) is 0 Å². The second-order valence-electron chi connectivity index (χ2n) is 3.10. The molecule has 8 heteroatoms. The van der Waals surface area contributed by atoms with Gasteiger partial charge in [-0.3, -0.25) is 4.18 Å². The van der Waals surface area contributed by atoms with Gasteiger partial charge in [-0.15, -0.1) is 24.0 Å². The third-order valence-corrected chi connectivity index (χ3v) is 1.93. The van der Waals surface area contributed by atoms with Crippen LogP contribution in [0.25, 0.3) is 0 Å². The number of alkyl halides is 3. The average molecular weight is 334 g/mol. The molecule has 0 unspecified atom stereocenters. The summed E-state index contributed by atoms with van der Waals surface area (Å²) in [5, 5.41) is 0. The molecule has 3 nitrogen and oxygen atoms in total. The molecular weight excluding hydrogens is 324 g/mol. The zero-order valence-corrected chi connectivity index (χ0v) is 10.3. The molecule has 0 bridgehead atoms. The molecule has 0 atom stereocenters. The van der Waals surface area contributed by atoms with Crippen molar-refractivity contribution in [3.05, 3.63) is 0 Å². The molecule has 0 fully saturated rings. The maximum atomic E-state index is 11.7. The van der Waals surface area contributed by atoms with Crippen molar-refractivity contribution >= 4 is 34.1 Å². The van der Waals surface area contributed by atoms with Crippen molar-refractivity contribution < 1.29 is 25.8 Å². The summed E-state index contributed by atoms with van der Waals surface area (Å²) in [7, 11) is -5.46. The molecule has 0 saturated heterocycles. The van der Waals surface area contributed by atoms with Crippen LogP contribution in [0, 0.1) is 0 Å². The fourth-order valence-corrected chi connectivity index (χ4v) is 1.13. The average Bonchev–Trinajstić information content (AvgIpc) is 1.52. The van der Waals surface area contributed by atoms with Gasteiger partial charge in [0.1, 0.15) is 0 Å². The fourth-order valence-electron chi connectivity index (χ4n) is 0.376. The van der Waals surface area contributed by atoms with E-state index in [0.717, 1.165) is 0 Å². The van der Waals surface area contributed by atoms with Crippen LogP contribution >= 0.6 is 24.0 Å². The standard InChI is InChI=1S/C5H9F3O3S.HI/c1-4(2,3)11-12(9,10)5(6,7)8;/h1-3H3;1H. The minimum absolute atomic E-state index is 0. The van der Waals surface area contributed by atoms with E-state index >= 15 is 0 Å². The van der Waals surface area contributed by atoms with Gasteiger partial charge >= 0.3 is 15.6 Å². The molecule has 0 spiro atoms. The number of halogens is 4. The third kappa shape index (κ3) is 5.68. The monoisotopic (exact) mass is 334 g/mol. The fraction of sp³-hybridized carbons (Fsp3) is 1.00. The van der Waals surface area contributed by atoms with Crippen molar-refractivity contribution in [2.24, 2.45) is 0 Å². The van der Waals surface area contributed by atoms with Gasteiger partial charge in [0.15, 0.2) is 0 Å². The summed E-state index contributed by atoms with van der Waals surface area (Å²) in [5.74, 6) is 0. The Hall–Kier alpha value is 0.430. The Morgan fingerprint density at radius 1 is 1.08 bits per heavy atom. The van der Waals surface area contributed by atoms with Gasteiger partial charge in [-0.25, -0.2) is 0 Å². The van der Waals surface area contributed by atoms with Crippen molar-refractivity contribution in [2.45, 2.75) is 31.9 Å².